The van der Waals surface area contributed by atoms with Crippen LogP contribution in [-0.2, 0) is 12.7 Å². The van der Waals surface area contributed by atoms with Crippen molar-refractivity contribution < 1.29 is 13.2 Å². The second-order valence-electron chi connectivity index (χ2n) is 3.58. The molecule has 0 saturated carbocycles. The highest BCUT2D eigenvalue weighted by Gasteiger charge is 2.30. The molecule has 0 aliphatic carbocycles. The monoisotopic (exact) mass is 273 g/mol. The highest BCUT2D eigenvalue weighted by atomic mass is 32.1. The Labute approximate surface area is 105 Å². The number of alkyl halides is 3. The van der Waals surface area contributed by atoms with Gasteiger partial charge < -0.3 is 11.1 Å². The number of hydrogen-bond acceptors (Lipinski definition) is 4. The smallest absolute Gasteiger partial charge is 0.397 e. The summed E-state index contributed by atoms with van der Waals surface area (Å²) in [5.41, 5.74) is 5.37. The van der Waals surface area contributed by atoms with Gasteiger partial charge in [-0.1, -0.05) is 0 Å². The van der Waals surface area contributed by atoms with E-state index in [0.29, 0.717) is 12.2 Å². The minimum atomic E-state index is -4.37. The first-order chi connectivity index (χ1) is 8.47. The SMILES string of the molecule is Nc1cc(C(F)(F)F)ccc1NCc1nccs1. The number of aromatic nitrogens is 1. The average Bonchev–Trinajstić information content (AvgIpc) is 2.79. The number of anilines is 2. The molecule has 0 bridgehead atoms. The van der Waals surface area contributed by atoms with Crippen molar-refractivity contribution in [1.82, 2.24) is 4.98 Å². The first-order valence-corrected chi connectivity index (χ1v) is 5.94. The zero-order chi connectivity index (χ0) is 13.2. The van der Waals surface area contributed by atoms with Crippen molar-refractivity contribution in [2.24, 2.45) is 0 Å². The van der Waals surface area contributed by atoms with Crippen LogP contribution >= 0.6 is 11.3 Å². The van der Waals surface area contributed by atoms with Crippen LogP contribution in [0.5, 0.6) is 0 Å². The predicted octanol–water partition coefficient (Wildman–Crippen LogP) is 3.36. The molecule has 0 spiro atoms. The number of thiazole rings is 1. The van der Waals surface area contributed by atoms with Gasteiger partial charge in [0, 0.05) is 11.6 Å². The molecular formula is C11H10F3N3S. The first kappa shape index (κ1) is 12.7. The van der Waals surface area contributed by atoms with E-state index >= 15 is 0 Å². The summed E-state index contributed by atoms with van der Waals surface area (Å²) in [4.78, 5) is 4.05. The van der Waals surface area contributed by atoms with Gasteiger partial charge in [0.25, 0.3) is 0 Å². The van der Waals surface area contributed by atoms with E-state index < -0.39 is 11.7 Å². The molecular weight excluding hydrogens is 263 g/mol. The minimum absolute atomic E-state index is 0.0707. The number of hydrogen-bond donors (Lipinski definition) is 2. The Kier molecular flexibility index (Phi) is 3.42. The third-order valence-electron chi connectivity index (χ3n) is 2.29. The highest BCUT2D eigenvalue weighted by molar-refractivity contribution is 7.09. The van der Waals surface area contributed by atoms with Crippen LogP contribution in [0.25, 0.3) is 0 Å². The van der Waals surface area contributed by atoms with Crippen LogP contribution in [0, 0.1) is 0 Å². The number of nitrogens with two attached hydrogens (primary N) is 1. The molecule has 0 amide bonds. The molecule has 2 rings (SSSR count). The Morgan fingerprint density at radius 2 is 2.11 bits per heavy atom. The molecule has 0 aliphatic heterocycles. The molecule has 0 radical (unpaired) electrons. The molecule has 0 aliphatic rings. The summed E-state index contributed by atoms with van der Waals surface area (Å²) < 4.78 is 37.3. The predicted molar refractivity (Wildman–Crippen MR) is 65.3 cm³/mol. The van der Waals surface area contributed by atoms with Crippen molar-refractivity contribution in [3.05, 3.63) is 40.3 Å². The molecule has 0 saturated heterocycles. The lowest BCUT2D eigenvalue weighted by Gasteiger charge is -2.11. The molecule has 0 unspecified atom stereocenters. The average molecular weight is 273 g/mol. The number of nitrogens with zero attached hydrogens (tertiary/aromatic N) is 1. The Morgan fingerprint density at radius 3 is 2.67 bits per heavy atom. The maximum atomic E-state index is 12.4. The van der Waals surface area contributed by atoms with Crippen LogP contribution in [-0.4, -0.2) is 4.98 Å². The molecule has 3 N–H and O–H groups in total. The van der Waals surface area contributed by atoms with E-state index in [1.165, 1.54) is 17.4 Å². The van der Waals surface area contributed by atoms with Gasteiger partial charge in [-0.25, -0.2) is 4.98 Å². The summed E-state index contributed by atoms with van der Waals surface area (Å²) in [6, 6.07) is 3.25. The Morgan fingerprint density at radius 1 is 1.33 bits per heavy atom. The molecule has 18 heavy (non-hydrogen) atoms. The van der Waals surface area contributed by atoms with E-state index in [-0.39, 0.29) is 5.69 Å². The van der Waals surface area contributed by atoms with E-state index in [1.54, 1.807) is 6.20 Å². The fourth-order valence-corrected chi connectivity index (χ4v) is 1.97. The van der Waals surface area contributed by atoms with Crippen molar-refractivity contribution in [3.8, 4) is 0 Å². The number of halogens is 3. The van der Waals surface area contributed by atoms with Crippen molar-refractivity contribution in [3.63, 3.8) is 0 Å². The van der Waals surface area contributed by atoms with Crippen molar-refractivity contribution in [2.45, 2.75) is 12.7 Å². The van der Waals surface area contributed by atoms with Crippen molar-refractivity contribution >= 4 is 22.7 Å². The normalized spacial score (nSPS) is 11.5. The number of benzene rings is 1. The number of nitrogen functional groups attached to an aromatic ring is 1. The zero-order valence-corrected chi connectivity index (χ0v) is 9.98. The summed E-state index contributed by atoms with van der Waals surface area (Å²) in [5, 5.41) is 5.62. The van der Waals surface area contributed by atoms with Gasteiger partial charge in [0.1, 0.15) is 5.01 Å². The van der Waals surface area contributed by atoms with Gasteiger partial charge in [0.2, 0.25) is 0 Å². The topological polar surface area (TPSA) is 50.9 Å². The molecule has 3 nitrogen and oxygen atoms in total. The van der Waals surface area contributed by atoms with Gasteiger partial charge >= 0.3 is 6.18 Å². The lowest BCUT2D eigenvalue weighted by Crippen LogP contribution is -2.08. The first-order valence-electron chi connectivity index (χ1n) is 5.06. The van der Waals surface area contributed by atoms with Crippen LogP contribution in [0.4, 0.5) is 24.5 Å². The molecule has 1 heterocycles. The van der Waals surface area contributed by atoms with Gasteiger partial charge in [0.05, 0.1) is 23.5 Å². The third kappa shape index (κ3) is 2.92. The lowest BCUT2D eigenvalue weighted by atomic mass is 10.1. The third-order valence-corrected chi connectivity index (χ3v) is 3.07. The largest absolute Gasteiger partial charge is 0.416 e. The van der Waals surface area contributed by atoms with E-state index in [1.807, 2.05) is 5.38 Å². The Hall–Kier alpha value is -1.76. The highest BCUT2D eigenvalue weighted by Crippen LogP contribution is 2.32. The number of rotatable bonds is 3. The lowest BCUT2D eigenvalue weighted by molar-refractivity contribution is -0.137. The molecule has 96 valence electrons. The van der Waals surface area contributed by atoms with Crippen molar-refractivity contribution in [2.75, 3.05) is 11.1 Å². The van der Waals surface area contributed by atoms with Crippen LogP contribution in [0.2, 0.25) is 0 Å². The quantitative estimate of drug-likeness (QED) is 0.843. The summed E-state index contributed by atoms with van der Waals surface area (Å²) >= 11 is 1.46. The van der Waals surface area contributed by atoms with Crippen LogP contribution in [0.3, 0.4) is 0 Å². The standard InChI is InChI=1S/C11H10F3N3S/c12-11(13,14)7-1-2-9(8(15)5-7)17-6-10-16-3-4-18-10/h1-5,17H,6,15H2. The maximum Gasteiger partial charge on any atom is 0.416 e. The molecule has 0 fully saturated rings. The van der Waals surface area contributed by atoms with Gasteiger partial charge in [-0.3, -0.25) is 0 Å². The molecule has 1 aromatic heterocycles. The Bertz CT molecular complexity index is 523. The summed E-state index contributed by atoms with van der Waals surface area (Å²) in [7, 11) is 0. The molecule has 2 aromatic rings. The summed E-state index contributed by atoms with van der Waals surface area (Å²) in [5.74, 6) is 0. The van der Waals surface area contributed by atoms with E-state index in [2.05, 4.69) is 10.3 Å². The second kappa shape index (κ2) is 4.85. The summed E-state index contributed by atoms with van der Waals surface area (Å²) in [6.45, 7) is 0.438. The van der Waals surface area contributed by atoms with Gasteiger partial charge in [-0.05, 0) is 18.2 Å². The van der Waals surface area contributed by atoms with E-state index in [4.69, 9.17) is 5.73 Å². The zero-order valence-electron chi connectivity index (χ0n) is 9.16. The minimum Gasteiger partial charge on any atom is -0.397 e. The fraction of sp³-hybridized carbons (Fsp3) is 0.182. The molecule has 0 atom stereocenters. The molecule has 1 aromatic carbocycles. The van der Waals surface area contributed by atoms with Crippen molar-refractivity contribution in [1.29, 1.82) is 0 Å². The second-order valence-corrected chi connectivity index (χ2v) is 4.56. The van der Waals surface area contributed by atoms with Crippen LogP contribution in [0.1, 0.15) is 10.6 Å². The van der Waals surface area contributed by atoms with E-state index in [9.17, 15) is 13.2 Å². The Balaban J connectivity index is 2.10. The van der Waals surface area contributed by atoms with Gasteiger partial charge in [-0.15, -0.1) is 11.3 Å². The number of nitrogens with one attached hydrogen (secondary N) is 1. The van der Waals surface area contributed by atoms with E-state index in [0.717, 1.165) is 17.1 Å². The van der Waals surface area contributed by atoms with Crippen LogP contribution < -0.4 is 11.1 Å². The maximum absolute atomic E-state index is 12.4. The van der Waals surface area contributed by atoms with Crippen LogP contribution in [0.15, 0.2) is 29.8 Å². The molecule has 7 heteroatoms. The summed E-state index contributed by atoms with van der Waals surface area (Å²) in [6.07, 6.45) is -2.71. The van der Waals surface area contributed by atoms with Gasteiger partial charge in [-0.2, -0.15) is 13.2 Å². The van der Waals surface area contributed by atoms with Gasteiger partial charge in [0.15, 0.2) is 0 Å². The fourth-order valence-electron chi connectivity index (χ4n) is 1.41.